The zero-order chi connectivity index (χ0) is 36.7. The van der Waals surface area contributed by atoms with Crippen LogP contribution in [0.1, 0.15) is 33.4 Å². The van der Waals surface area contributed by atoms with Crippen LogP contribution in [0, 0.1) is 13.8 Å². The molecule has 0 amide bonds. The molecule has 1 heterocycles. The molecule has 260 valence electrons. The molecule has 55 heavy (non-hydrogen) atoms. The van der Waals surface area contributed by atoms with E-state index in [0.717, 1.165) is 39.3 Å². The fourth-order valence-corrected chi connectivity index (χ4v) is 9.41. The van der Waals surface area contributed by atoms with Gasteiger partial charge >= 0.3 is 0 Å². The minimum atomic E-state index is -0.585. The van der Waals surface area contributed by atoms with Crippen LogP contribution in [0.3, 0.4) is 0 Å². The fraction of sp³-hybridized carbons (Fsp3) is 0.0566. The molecule has 2 nitrogen and oxygen atoms in total. The topological polar surface area (TPSA) is 12.5 Å². The van der Waals surface area contributed by atoms with Crippen LogP contribution in [0.25, 0.3) is 43.8 Å². The summed E-state index contributed by atoms with van der Waals surface area (Å²) >= 11 is 0. The van der Waals surface area contributed by atoms with Crippen LogP contribution in [0.4, 0.5) is 17.1 Å². The lowest BCUT2D eigenvalue weighted by Gasteiger charge is -2.40. The van der Waals surface area contributed by atoms with E-state index in [9.17, 15) is 0 Å². The Hall–Kier alpha value is -6.90. The number of ether oxygens (including phenoxy) is 1. The summed E-state index contributed by atoms with van der Waals surface area (Å²) in [7, 11) is 0. The van der Waals surface area contributed by atoms with Crippen molar-refractivity contribution < 1.29 is 4.74 Å². The van der Waals surface area contributed by atoms with Gasteiger partial charge in [0.15, 0.2) is 0 Å². The Morgan fingerprint density at radius 2 is 0.891 bits per heavy atom. The predicted octanol–water partition coefficient (Wildman–Crippen LogP) is 14.2. The maximum Gasteiger partial charge on any atom is 0.140 e. The highest BCUT2D eigenvalue weighted by atomic mass is 16.5. The Morgan fingerprint density at radius 1 is 0.400 bits per heavy atom. The van der Waals surface area contributed by atoms with Gasteiger partial charge in [-0.05, 0) is 107 Å². The molecule has 0 saturated carbocycles. The first-order chi connectivity index (χ1) is 27.1. The van der Waals surface area contributed by atoms with Gasteiger partial charge in [0.25, 0.3) is 0 Å². The Balaban J connectivity index is 1.17. The molecule has 2 aliphatic rings. The number of hydrogen-bond donors (Lipinski definition) is 0. The first-order valence-corrected chi connectivity index (χ1v) is 19.1. The summed E-state index contributed by atoms with van der Waals surface area (Å²) < 4.78 is 7.25. The van der Waals surface area contributed by atoms with Gasteiger partial charge < -0.3 is 9.64 Å². The first-order valence-electron chi connectivity index (χ1n) is 19.1. The molecule has 11 rings (SSSR count). The van der Waals surface area contributed by atoms with E-state index in [1.54, 1.807) is 0 Å². The van der Waals surface area contributed by atoms with E-state index < -0.39 is 5.41 Å². The number of benzene rings is 9. The molecular weight excluding hydrogens is 667 g/mol. The Morgan fingerprint density at radius 3 is 1.49 bits per heavy atom. The second kappa shape index (κ2) is 12.1. The summed E-state index contributed by atoms with van der Waals surface area (Å²) in [5.41, 5.74) is 15.1. The summed E-state index contributed by atoms with van der Waals surface area (Å²) in [5, 5.41) is 4.65. The second-order valence-electron chi connectivity index (χ2n) is 15.0. The fourth-order valence-electron chi connectivity index (χ4n) is 9.41. The third kappa shape index (κ3) is 4.61. The van der Waals surface area contributed by atoms with Crippen LogP contribution in [0.15, 0.2) is 188 Å². The lowest BCUT2D eigenvalue weighted by molar-refractivity contribution is 0.447. The van der Waals surface area contributed by atoms with Crippen molar-refractivity contribution in [3.8, 4) is 33.8 Å². The van der Waals surface area contributed by atoms with Gasteiger partial charge in [0, 0.05) is 39.0 Å². The normalized spacial score (nSPS) is 13.2. The second-order valence-corrected chi connectivity index (χ2v) is 15.0. The van der Waals surface area contributed by atoms with Crippen molar-refractivity contribution in [2.24, 2.45) is 0 Å². The largest absolute Gasteiger partial charge is 0.455 e. The highest BCUT2D eigenvalue weighted by Crippen LogP contribution is 2.65. The minimum Gasteiger partial charge on any atom is -0.455 e. The molecule has 0 saturated heterocycles. The molecule has 0 N–H and O–H groups in total. The maximum atomic E-state index is 7.25. The van der Waals surface area contributed by atoms with Gasteiger partial charge in [0.2, 0.25) is 0 Å². The molecule has 1 aliphatic carbocycles. The van der Waals surface area contributed by atoms with Crippen molar-refractivity contribution in [2.75, 3.05) is 4.90 Å². The number of anilines is 3. The SMILES string of the molecule is Cc1ccc2ccc3c(c2c1)Oc1c(ccc2ccc(C)cc12)C31c2ccccc2-c2c(-c3ccc(N(c4ccccc4)c4ccccc4)cc3)cccc21. The number of hydrogen-bond acceptors (Lipinski definition) is 2. The molecule has 0 radical (unpaired) electrons. The van der Waals surface area contributed by atoms with Crippen molar-refractivity contribution >= 4 is 38.6 Å². The van der Waals surface area contributed by atoms with Crippen LogP contribution < -0.4 is 9.64 Å². The van der Waals surface area contributed by atoms with Crippen molar-refractivity contribution in [3.63, 3.8) is 0 Å². The van der Waals surface area contributed by atoms with Crippen LogP contribution in [-0.4, -0.2) is 0 Å². The van der Waals surface area contributed by atoms with Gasteiger partial charge in [-0.3, -0.25) is 0 Å². The van der Waals surface area contributed by atoms with Crippen molar-refractivity contribution in [2.45, 2.75) is 19.3 Å². The predicted molar refractivity (Wildman–Crippen MR) is 228 cm³/mol. The monoisotopic (exact) mass is 703 g/mol. The van der Waals surface area contributed by atoms with Gasteiger partial charge in [-0.2, -0.15) is 0 Å². The molecule has 2 heteroatoms. The molecule has 0 bridgehead atoms. The Bertz CT molecular complexity index is 2830. The molecule has 9 aromatic carbocycles. The number of rotatable bonds is 4. The molecule has 0 unspecified atom stereocenters. The Kier molecular flexibility index (Phi) is 6.93. The lowest BCUT2D eigenvalue weighted by atomic mass is 9.65. The zero-order valence-corrected chi connectivity index (χ0v) is 30.8. The number of para-hydroxylation sites is 2. The lowest BCUT2D eigenvalue weighted by Crippen LogP contribution is -2.32. The molecule has 0 aromatic heterocycles. The summed E-state index contributed by atoms with van der Waals surface area (Å²) in [6.07, 6.45) is 0. The molecular formula is C53H37NO. The van der Waals surface area contributed by atoms with E-state index in [0.29, 0.717) is 0 Å². The van der Waals surface area contributed by atoms with Crippen molar-refractivity contribution in [3.05, 3.63) is 221 Å². The first kappa shape index (κ1) is 31.6. The molecule has 9 aromatic rings. The maximum absolute atomic E-state index is 7.25. The number of nitrogens with zero attached hydrogens (tertiary/aromatic N) is 1. The molecule has 0 fully saturated rings. The van der Waals surface area contributed by atoms with E-state index in [-0.39, 0.29) is 0 Å². The Labute approximate surface area is 321 Å². The molecule has 1 spiro atoms. The van der Waals surface area contributed by atoms with Crippen molar-refractivity contribution in [1.29, 1.82) is 0 Å². The minimum absolute atomic E-state index is 0.585. The van der Waals surface area contributed by atoms with E-state index in [1.807, 2.05) is 0 Å². The van der Waals surface area contributed by atoms with Crippen LogP contribution in [-0.2, 0) is 5.41 Å². The van der Waals surface area contributed by atoms with Crippen LogP contribution in [0.5, 0.6) is 11.5 Å². The van der Waals surface area contributed by atoms with Gasteiger partial charge in [0.1, 0.15) is 11.5 Å². The summed E-state index contributed by atoms with van der Waals surface area (Å²) in [4.78, 5) is 2.32. The van der Waals surface area contributed by atoms with E-state index >= 15 is 0 Å². The van der Waals surface area contributed by atoms with E-state index in [1.165, 1.54) is 66.4 Å². The highest BCUT2D eigenvalue weighted by molar-refractivity contribution is 6.02. The quantitative estimate of drug-likeness (QED) is 0.181. The van der Waals surface area contributed by atoms with Gasteiger partial charge in [-0.25, -0.2) is 0 Å². The van der Waals surface area contributed by atoms with Gasteiger partial charge in [-0.1, -0.05) is 151 Å². The van der Waals surface area contributed by atoms with Crippen molar-refractivity contribution in [1.82, 2.24) is 0 Å². The third-order valence-corrected chi connectivity index (χ3v) is 11.8. The molecule has 1 aliphatic heterocycles. The van der Waals surface area contributed by atoms with Gasteiger partial charge in [0.05, 0.1) is 5.41 Å². The highest BCUT2D eigenvalue weighted by Gasteiger charge is 2.52. The van der Waals surface area contributed by atoms with E-state index in [2.05, 4.69) is 207 Å². The summed E-state index contributed by atoms with van der Waals surface area (Å²) in [6.45, 7) is 4.33. The standard InChI is InChI=1S/C53H37NO/c1-34-20-22-37-26-30-48-51(44(37)32-34)55-52-45-33-35(2)21-23-38(45)27-31-49(52)53(48)46-18-10-9-16-43(46)50-42(17-11-19-47(50)53)36-24-28-41(29-25-36)54(39-12-5-3-6-13-39)40-14-7-4-8-15-40/h3-33H,1-2H3. The summed E-state index contributed by atoms with van der Waals surface area (Å²) in [5.74, 6) is 1.89. The smallest absolute Gasteiger partial charge is 0.140 e. The average molecular weight is 704 g/mol. The van der Waals surface area contributed by atoms with Crippen LogP contribution >= 0.6 is 0 Å². The number of fused-ring (bicyclic) bond motifs is 13. The summed E-state index contributed by atoms with van der Waals surface area (Å²) in [6, 6.07) is 68.9. The third-order valence-electron chi connectivity index (χ3n) is 11.8. The van der Waals surface area contributed by atoms with Crippen LogP contribution in [0.2, 0.25) is 0 Å². The van der Waals surface area contributed by atoms with E-state index in [4.69, 9.17) is 4.74 Å². The van der Waals surface area contributed by atoms with Gasteiger partial charge in [-0.15, -0.1) is 0 Å². The number of aryl methyl sites for hydroxylation is 2. The average Bonchev–Trinajstić information content (AvgIpc) is 3.53. The molecule has 0 atom stereocenters. The zero-order valence-electron chi connectivity index (χ0n) is 30.8.